The standard InChI is InChI=1S/C14H9N3O6S2/c18-9(19)3-4-16-13(21)11(25-14(16)24)10-7-5-6(17(22)23)1-2-8(7)15-12(10)20/h1-2,5H,3-4H2,(H,15,20)(H,18,19)/b11-10+. The van der Waals surface area contributed by atoms with Gasteiger partial charge in [0.05, 0.1) is 21.8 Å². The van der Waals surface area contributed by atoms with Crippen LogP contribution in [0.1, 0.15) is 12.0 Å². The Morgan fingerprint density at radius 2 is 2.12 bits per heavy atom. The number of carbonyl (C=O) groups excluding carboxylic acids is 2. The Bertz CT molecular complexity index is 895. The molecule has 2 heterocycles. The average molecular weight is 379 g/mol. The van der Waals surface area contributed by atoms with Crippen molar-refractivity contribution in [2.75, 3.05) is 11.9 Å². The van der Waals surface area contributed by atoms with Gasteiger partial charge in [0, 0.05) is 29.9 Å². The van der Waals surface area contributed by atoms with Crippen LogP contribution in [0, 0.1) is 10.1 Å². The molecule has 0 spiro atoms. The maximum Gasteiger partial charge on any atom is 0.305 e. The molecule has 0 unspecified atom stereocenters. The molecule has 2 aliphatic rings. The van der Waals surface area contributed by atoms with Crippen LogP contribution in [0.25, 0.3) is 5.57 Å². The van der Waals surface area contributed by atoms with Crippen LogP contribution >= 0.6 is 24.0 Å². The normalized spacial score (nSPS) is 19.2. The predicted molar refractivity (Wildman–Crippen MR) is 92.8 cm³/mol. The van der Waals surface area contributed by atoms with Gasteiger partial charge in [-0.1, -0.05) is 24.0 Å². The first kappa shape index (κ1) is 17.0. The average Bonchev–Trinajstić information content (AvgIpc) is 3.00. The highest BCUT2D eigenvalue weighted by atomic mass is 32.2. The van der Waals surface area contributed by atoms with Crippen LogP contribution in [-0.2, 0) is 14.4 Å². The van der Waals surface area contributed by atoms with E-state index in [0.29, 0.717) is 5.69 Å². The minimum absolute atomic E-state index is 0.00822. The smallest absolute Gasteiger partial charge is 0.305 e. The lowest BCUT2D eigenvalue weighted by Crippen LogP contribution is -2.30. The second-order valence-corrected chi connectivity index (χ2v) is 6.76. The van der Waals surface area contributed by atoms with Crippen LogP contribution in [-0.4, -0.2) is 43.6 Å². The van der Waals surface area contributed by atoms with E-state index in [1.165, 1.54) is 18.2 Å². The fourth-order valence-corrected chi connectivity index (χ4v) is 3.83. The Hall–Kier alpha value is -2.79. The molecule has 128 valence electrons. The van der Waals surface area contributed by atoms with Gasteiger partial charge in [-0.05, 0) is 6.07 Å². The number of amides is 2. The number of anilines is 1. The number of nitrogens with zero attached hydrogens (tertiary/aromatic N) is 2. The summed E-state index contributed by atoms with van der Waals surface area (Å²) in [5.74, 6) is -2.23. The minimum Gasteiger partial charge on any atom is -0.481 e. The van der Waals surface area contributed by atoms with E-state index in [0.717, 1.165) is 16.7 Å². The lowest BCUT2D eigenvalue weighted by Gasteiger charge is -2.12. The van der Waals surface area contributed by atoms with E-state index < -0.39 is 22.7 Å². The van der Waals surface area contributed by atoms with Crippen molar-refractivity contribution in [3.63, 3.8) is 0 Å². The van der Waals surface area contributed by atoms with E-state index in [4.69, 9.17) is 17.3 Å². The number of non-ortho nitro benzene ring substituents is 1. The monoisotopic (exact) mass is 379 g/mol. The summed E-state index contributed by atoms with van der Waals surface area (Å²) in [6.45, 7) is -0.111. The molecule has 0 atom stereocenters. The molecular formula is C14H9N3O6S2. The number of carboxylic acids is 1. The molecule has 1 fully saturated rings. The number of benzene rings is 1. The molecule has 1 aromatic rings. The van der Waals surface area contributed by atoms with E-state index in [1.54, 1.807) is 0 Å². The van der Waals surface area contributed by atoms with Gasteiger partial charge in [-0.15, -0.1) is 0 Å². The molecular weight excluding hydrogens is 370 g/mol. The SMILES string of the molecule is O=C(O)CCN1C(=O)/C(=C2\C(=O)Nc3ccc([N+](=O)[O-])cc32)SC1=S. The number of fused-ring (bicyclic) bond motifs is 1. The number of carboxylic acid groups (broad SMARTS) is 1. The summed E-state index contributed by atoms with van der Waals surface area (Å²) in [6, 6.07) is 3.86. The molecule has 1 aromatic carbocycles. The fourth-order valence-electron chi connectivity index (χ4n) is 2.44. The predicted octanol–water partition coefficient (Wildman–Crippen LogP) is 1.59. The summed E-state index contributed by atoms with van der Waals surface area (Å²) >= 11 is 5.96. The molecule has 3 rings (SSSR count). The van der Waals surface area contributed by atoms with Crippen LogP contribution in [0.2, 0.25) is 0 Å². The first-order valence-electron chi connectivity index (χ1n) is 6.89. The van der Waals surface area contributed by atoms with Crippen molar-refractivity contribution in [3.05, 3.63) is 38.8 Å². The van der Waals surface area contributed by atoms with E-state index in [-0.39, 0.29) is 39.0 Å². The summed E-state index contributed by atoms with van der Waals surface area (Å²) in [4.78, 5) is 47.0. The molecule has 2 aliphatic heterocycles. The molecule has 9 nitrogen and oxygen atoms in total. The number of hydrogen-bond acceptors (Lipinski definition) is 7. The lowest BCUT2D eigenvalue weighted by molar-refractivity contribution is -0.384. The molecule has 0 radical (unpaired) electrons. The summed E-state index contributed by atoms with van der Waals surface area (Å²) in [5.41, 5.74) is 0.405. The zero-order valence-electron chi connectivity index (χ0n) is 12.3. The van der Waals surface area contributed by atoms with Gasteiger partial charge >= 0.3 is 5.97 Å². The minimum atomic E-state index is -1.08. The summed E-state index contributed by atoms with van der Waals surface area (Å²) in [7, 11) is 0. The number of nitrogens with one attached hydrogen (secondary N) is 1. The van der Waals surface area contributed by atoms with Crippen LogP contribution in [0.15, 0.2) is 23.1 Å². The number of rotatable bonds is 4. The number of hydrogen-bond donors (Lipinski definition) is 2. The third kappa shape index (κ3) is 2.98. The third-order valence-corrected chi connectivity index (χ3v) is 5.03. The highest BCUT2D eigenvalue weighted by molar-refractivity contribution is 8.26. The van der Waals surface area contributed by atoms with Crippen molar-refractivity contribution in [2.24, 2.45) is 0 Å². The zero-order chi connectivity index (χ0) is 18.3. The van der Waals surface area contributed by atoms with Crippen molar-refractivity contribution < 1.29 is 24.4 Å². The first-order chi connectivity index (χ1) is 11.8. The molecule has 0 bridgehead atoms. The number of aliphatic carboxylic acids is 1. The van der Waals surface area contributed by atoms with E-state index >= 15 is 0 Å². The molecule has 2 amide bonds. The summed E-state index contributed by atoms with van der Waals surface area (Å²) in [5, 5.41) is 22.3. The van der Waals surface area contributed by atoms with Gasteiger partial charge in [-0.3, -0.25) is 29.4 Å². The number of nitro benzene ring substituents is 1. The van der Waals surface area contributed by atoms with E-state index in [9.17, 15) is 24.5 Å². The summed E-state index contributed by atoms with van der Waals surface area (Å²) < 4.78 is 0.139. The van der Waals surface area contributed by atoms with Gasteiger partial charge < -0.3 is 10.4 Å². The first-order valence-corrected chi connectivity index (χ1v) is 8.12. The highest BCUT2D eigenvalue weighted by Gasteiger charge is 2.39. The van der Waals surface area contributed by atoms with Crippen molar-refractivity contribution in [1.82, 2.24) is 4.90 Å². The van der Waals surface area contributed by atoms with Crippen LogP contribution < -0.4 is 5.32 Å². The molecule has 2 N–H and O–H groups in total. The quantitative estimate of drug-likeness (QED) is 0.349. The Balaban J connectivity index is 2.04. The van der Waals surface area contributed by atoms with Gasteiger partial charge in [0.15, 0.2) is 0 Å². The Morgan fingerprint density at radius 1 is 1.40 bits per heavy atom. The second-order valence-electron chi connectivity index (χ2n) is 5.11. The lowest BCUT2D eigenvalue weighted by atomic mass is 10.1. The van der Waals surface area contributed by atoms with Crippen LogP contribution in [0.4, 0.5) is 11.4 Å². The van der Waals surface area contributed by atoms with Crippen LogP contribution in [0.3, 0.4) is 0 Å². The molecule has 11 heteroatoms. The molecule has 0 aliphatic carbocycles. The number of thioether (sulfide) groups is 1. The zero-order valence-corrected chi connectivity index (χ0v) is 14.0. The number of carbonyl (C=O) groups is 3. The largest absolute Gasteiger partial charge is 0.481 e. The number of nitro groups is 1. The molecule has 0 saturated carbocycles. The van der Waals surface area contributed by atoms with Gasteiger partial charge in [-0.2, -0.15) is 0 Å². The Labute approximate surface area is 149 Å². The van der Waals surface area contributed by atoms with Gasteiger partial charge in [0.25, 0.3) is 17.5 Å². The van der Waals surface area contributed by atoms with Gasteiger partial charge in [0.2, 0.25) is 0 Å². The van der Waals surface area contributed by atoms with Crippen LogP contribution in [0.5, 0.6) is 0 Å². The topological polar surface area (TPSA) is 130 Å². The van der Waals surface area contributed by atoms with Crippen molar-refractivity contribution in [1.29, 1.82) is 0 Å². The Kier molecular flexibility index (Phi) is 4.27. The molecule has 0 aromatic heterocycles. The third-order valence-electron chi connectivity index (χ3n) is 3.58. The van der Waals surface area contributed by atoms with E-state index in [2.05, 4.69) is 5.32 Å². The second kappa shape index (κ2) is 6.26. The van der Waals surface area contributed by atoms with Crippen molar-refractivity contribution in [2.45, 2.75) is 6.42 Å². The van der Waals surface area contributed by atoms with Gasteiger partial charge in [0.1, 0.15) is 4.32 Å². The Morgan fingerprint density at radius 3 is 2.76 bits per heavy atom. The van der Waals surface area contributed by atoms with Gasteiger partial charge in [-0.25, -0.2) is 0 Å². The van der Waals surface area contributed by atoms with E-state index in [1.807, 2.05) is 0 Å². The highest BCUT2D eigenvalue weighted by Crippen LogP contribution is 2.43. The maximum absolute atomic E-state index is 12.5. The number of thiocarbonyl (C=S) groups is 1. The molecule has 1 saturated heterocycles. The van der Waals surface area contributed by atoms with Crippen molar-refractivity contribution in [3.8, 4) is 0 Å². The fraction of sp³-hybridized carbons (Fsp3) is 0.143. The van der Waals surface area contributed by atoms with Crippen molar-refractivity contribution >= 4 is 63.0 Å². The maximum atomic E-state index is 12.5. The molecule has 25 heavy (non-hydrogen) atoms. The summed E-state index contributed by atoms with van der Waals surface area (Å²) in [6.07, 6.45) is -0.288.